The molecule has 0 saturated carbocycles. The number of amides is 1. The minimum Gasteiger partial charge on any atom is -0.374 e. The lowest BCUT2D eigenvalue weighted by molar-refractivity contribution is -0.133. The average molecular weight is 380 g/mol. The molecule has 138 valence electrons. The van der Waals surface area contributed by atoms with Crippen LogP contribution in [0.2, 0.25) is 0 Å². The number of thiophene rings is 1. The van der Waals surface area contributed by atoms with Gasteiger partial charge in [-0.25, -0.2) is 9.97 Å². The van der Waals surface area contributed by atoms with Crippen LogP contribution in [0, 0.1) is 0 Å². The van der Waals surface area contributed by atoms with Crippen molar-refractivity contribution in [3.05, 3.63) is 53.7 Å². The normalized spacial score (nSPS) is 22.9. The highest BCUT2D eigenvalue weighted by Gasteiger charge is 2.42. The Labute approximate surface area is 161 Å². The van der Waals surface area contributed by atoms with Crippen LogP contribution >= 0.6 is 11.3 Å². The first-order valence-electron chi connectivity index (χ1n) is 9.18. The summed E-state index contributed by atoms with van der Waals surface area (Å²) in [6.07, 6.45) is 2.07. The Bertz CT molecular complexity index is 961. The van der Waals surface area contributed by atoms with Crippen molar-refractivity contribution in [2.75, 3.05) is 24.6 Å². The second-order valence-corrected chi connectivity index (χ2v) is 7.87. The van der Waals surface area contributed by atoms with Crippen molar-refractivity contribution in [3.63, 3.8) is 0 Å². The van der Waals surface area contributed by atoms with Crippen molar-refractivity contribution in [3.8, 4) is 0 Å². The number of hydrogen-bond donors (Lipinski definition) is 0. The standard InChI is InChI=1S/C20H20N4O2S/c25-18-6-8-26-17-12-23(19-15-7-9-27-20(15)22-13-21-19)11-16(17)24(18)10-14-4-2-1-3-5-14/h1-5,7,9,13,16-17H,6,8,10-12H2/t16-,17-/m0/s1. The minimum absolute atomic E-state index is 0.00353. The Hall–Kier alpha value is -2.51. The van der Waals surface area contributed by atoms with E-state index >= 15 is 0 Å². The quantitative estimate of drug-likeness (QED) is 0.699. The van der Waals surface area contributed by atoms with Gasteiger partial charge in [0, 0.05) is 19.6 Å². The van der Waals surface area contributed by atoms with Gasteiger partial charge in [0.2, 0.25) is 5.91 Å². The van der Waals surface area contributed by atoms with Crippen LogP contribution in [0.3, 0.4) is 0 Å². The first kappa shape index (κ1) is 16.6. The molecule has 0 bridgehead atoms. The Kier molecular flexibility index (Phi) is 4.26. The van der Waals surface area contributed by atoms with Gasteiger partial charge in [0.15, 0.2) is 0 Å². The maximum absolute atomic E-state index is 12.8. The molecule has 0 spiro atoms. The first-order valence-corrected chi connectivity index (χ1v) is 10.1. The zero-order chi connectivity index (χ0) is 18.2. The number of benzene rings is 1. The summed E-state index contributed by atoms with van der Waals surface area (Å²) in [6, 6.07) is 12.3. The predicted molar refractivity (Wildman–Crippen MR) is 105 cm³/mol. The Morgan fingerprint density at radius 2 is 2.04 bits per heavy atom. The highest BCUT2D eigenvalue weighted by Crippen LogP contribution is 2.32. The van der Waals surface area contributed by atoms with E-state index in [4.69, 9.17) is 4.74 Å². The smallest absolute Gasteiger partial charge is 0.225 e. The van der Waals surface area contributed by atoms with Gasteiger partial charge in [0.25, 0.3) is 0 Å². The molecule has 2 aliphatic heterocycles. The molecular formula is C20H20N4O2S. The molecule has 2 fully saturated rings. The number of hydrogen-bond acceptors (Lipinski definition) is 6. The Balaban J connectivity index is 1.45. The van der Waals surface area contributed by atoms with Crippen molar-refractivity contribution in [1.29, 1.82) is 0 Å². The lowest BCUT2D eigenvalue weighted by Gasteiger charge is -2.29. The SMILES string of the molecule is O=C1CCO[C@H]2CN(c3ncnc4sccc34)C[C@@H]2N1Cc1ccccc1. The van der Waals surface area contributed by atoms with Gasteiger partial charge < -0.3 is 14.5 Å². The average Bonchev–Trinajstić information content (AvgIpc) is 3.31. The second kappa shape index (κ2) is 6.90. The molecule has 2 aliphatic rings. The number of carbonyl (C=O) groups excluding carboxylic acids is 1. The summed E-state index contributed by atoms with van der Waals surface area (Å²) in [6.45, 7) is 2.57. The topological polar surface area (TPSA) is 58.6 Å². The molecule has 27 heavy (non-hydrogen) atoms. The number of carbonyl (C=O) groups is 1. The maximum atomic E-state index is 12.8. The highest BCUT2D eigenvalue weighted by atomic mass is 32.1. The summed E-state index contributed by atoms with van der Waals surface area (Å²) < 4.78 is 6.07. The largest absolute Gasteiger partial charge is 0.374 e. The van der Waals surface area contributed by atoms with Gasteiger partial charge in [-0.15, -0.1) is 11.3 Å². The van der Waals surface area contributed by atoms with E-state index in [0.29, 0.717) is 19.6 Å². The maximum Gasteiger partial charge on any atom is 0.225 e. The summed E-state index contributed by atoms with van der Waals surface area (Å²) in [5.74, 6) is 1.10. The van der Waals surface area contributed by atoms with Crippen molar-refractivity contribution < 1.29 is 9.53 Å². The van der Waals surface area contributed by atoms with Crippen LogP contribution in [-0.4, -0.2) is 52.6 Å². The third-order valence-electron chi connectivity index (χ3n) is 5.34. The highest BCUT2D eigenvalue weighted by molar-refractivity contribution is 7.16. The van der Waals surface area contributed by atoms with E-state index in [1.165, 1.54) is 0 Å². The number of anilines is 1. The molecule has 0 aliphatic carbocycles. The lowest BCUT2D eigenvalue weighted by Crippen LogP contribution is -2.45. The molecule has 6 nitrogen and oxygen atoms in total. The molecule has 4 heterocycles. The van der Waals surface area contributed by atoms with Crippen LogP contribution in [-0.2, 0) is 16.1 Å². The fourth-order valence-electron chi connectivity index (χ4n) is 4.03. The predicted octanol–water partition coefficient (Wildman–Crippen LogP) is 2.70. The fourth-order valence-corrected chi connectivity index (χ4v) is 4.76. The van der Waals surface area contributed by atoms with Gasteiger partial charge in [0.1, 0.15) is 17.0 Å². The van der Waals surface area contributed by atoms with Crippen molar-refractivity contribution in [2.24, 2.45) is 0 Å². The molecule has 2 saturated heterocycles. The van der Waals surface area contributed by atoms with Crippen molar-refractivity contribution in [2.45, 2.75) is 25.1 Å². The molecular weight excluding hydrogens is 360 g/mol. The van der Waals surface area contributed by atoms with Crippen molar-refractivity contribution >= 4 is 33.3 Å². The molecule has 2 aromatic heterocycles. The van der Waals surface area contributed by atoms with E-state index in [2.05, 4.69) is 33.1 Å². The zero-order valence-electron chi connectivity index (χ0n) is 14.8. The van der Waals surface area contributed by atoms with E-state index in [1.807, 2.05) is 28.5 Å². The third-order valence-corrected chi connectivity index (χ3v) is 6.16. The summed E-state index contributed by atoms with van der Waals surface area (Å²) in [4.78, 5) is 26.9. The number of ether oxygens (including phenoxy) is 1. The number of fused-ring (bicyclic) bond motifs is 2. The lowest BCUT2D eigenvalue weighted by atomic mass is 10.1. The Morgan fingerprint density at radius 3 is 2.93 bits per heavy atom. The van der Waals surface area contributed by atoms with E-state index in [0.717, 1.165) is 34.7 Å². The van der Waals surface area contributed by atoms with Crippen molar-refractivity contribution in [1.82, 2.24) is 14.9 Å². The van der Waals surface area contributed by atoms with Gasteiger partial charge in [-0.05, 0) is 17.0 Å². The molecule has 2 atom stereocenters. The molecule has 7 heteroatoms. The molecule has 1 amide bonds. The van der Waals surface area contributed by atoms with Gasteiger partial charge in [-0.1, -0.05) is 30.3 Å². The zero-order valence-corrected chi connectivity index (χ0v) is 15.6. The van der Waals surface area contributed by atoms with Crippen LogP contribution in [0.4, 0.5) is 5.82 Å². The van der Waals surface area contributed by atoms with Crippen LogP contribution in [0.5, 0.6) is 0 Å². The number of rotatable bonds is 3. The Morgan fingerprint density at radius 1 is 1.15 bits per heavy atom. The fraction of sp³-hybridized carbons (Fsp3) is 0.350. The molecule has 1 aromatic carbocycles. The van der Waals surface area contributed by atoms with Gasteiger partial charge in [-0.2, -0.15) is 0 Å². The molecule has 3 aromatic rings. The van der Waals surface area contributed by atoms with E-state index in [9.17, 15) is 4.79 Å². The summed E-state index contributed by atoms with van der Waals surface area (Å²) >= 11 is 1.62. The van der Waals surface area contributed by atoms with Gasteiger partial charge in [0.05, 0.1) is 30.6 Å². The second-order valence-electron chi connectivity index (χ2n) is 6.98. The monoisotopic (exact) mass is 380 g/mol. The summed E-state index contributed by atoms with van der Waals surface area (Å²) in [5, 5.41) is 3.11. The number of aromatic nitrogens is 2. The van der Waals surface area contributed by atoms with E-state index in [-0.39, 0.29) is 18.1 Å². The van der Waals surface area contributed by atoms with E-state index in [1.54, 1.807) is 17.7 Å². The number of nitrogens with zero attached hydrogens (tertiary/aromatic N) is 4. The van der Waals surface area contributed by atoms with Crippen LogP contribution < -0.4 is 4.90 Å². The van der Waals surface area contributed by atoms with Crippen LogP contribution in [0.25, 0.3) is 10.2 Å². The van der Waals surface area contributed by atoms with Gasteiger partial charge in [-0.3, -0.25) is 4.79 Å². The molecule has 0 radical (unpaired) electrons. The summed E-state index contributed by atoms with van der Waals surface area (Å²) in [7, 11) is 0. The summed E-state index contributed by atoms with van der Waals surface area (Å²) in [5.41, 5.74) is 1.15. The van der Waals surface area contributed by atoms with Crippen LogP contribution in [0.15, 0.2) is 48.1 Å². The van der Waals surface area contributed by atoms with Crippen LogP contribution in [0.1, 0.15) is 12.0 Å². The third kappa shape index (κ3) is 3.07. The van der Waals surface area contributed by atoms with Gasteiger partial charge >= 0.3 is 0 Å². The van der Waals surface area contributed by atoms with E-state index < -0.39 is 0 Å². The minimum atomic E-state index is 0.00353. The molecule has 0 N–H and O–H groups in total. The molecule has 5 rings (SSSR count). The molecule has 0 unspecified atom stereocenters. The first-order chi connectivity index (χ1) is 13.3.